The van der Waals surface area contributed by atoms with Crippen LogP contribution in [0.25, 0.3) is 0 Å². The summed E-state index contributed by atoms with van der Waals surface area (Å²) >= 11 is 7.59. The summed E-state index contributed by atoms with van der Waals surface area (Å²) in [5.41, 5.74) is 1.26. The van der Waals surface area contributed by atoms with E-state index < -0.39 is 15.9 Å². The van der Waals surface area contributed by atoms with Gasteiger partial charge in [0, 0.05) is 29.2 Å². The number of nitrogens with zero attached hydrogens (tertiary/aromatic N) is 1. The molecule has 2 aromatic rings. The third kappa shape index (κ3) is 4.07. The van der Waals surface area contributed by atoms with Crippen LogP contribution in [0.15, 0.2) is 46.2 Å². The van der Waals surface area contributed by atoms with Crippen LogP contribution < -0.4 is 10.6 Å². The number of carbonyl (C=O) groups is 2. The number of benzene rings is 2. The molecule has 2 aliphatic rings. The zero-order valence-electron chi connectivity index (χ0n) is 16.1. The van der Waals surface area contributed by atoms with E-state index in [2.05, 4.69) is 10.6 Å². The van der Waals surface area contributed by atoms with E-state index in [1.807, 2.05) is 6.92 Å². The lowest BCUT2D eigenvalue weighted by molar-refractivity contribution is -0.115. The van der Waals surface area contributed by atoms with Crippen molar-refractivity contribution < 1.29 is 18.0 Å². The highest BCUT2D eigenvalue weighted by atomic mass is 35.5. The summed E-state index contributed by atoms with van der Waals surface area (Å²) in [5, 5.41) is 5.43. The molecule has 7 nitrogen and oxygen atoms in total. The van der Waals surface area contributed by atoms with Crippen molar-refractivity contribution in [3.8, 4) is 0 Å². The van der Waals surface area contributed by atoms with Crippen LogP contribution >= 0.6 is 23.4 Å². The van der Waals surface area contributed by atoms with Crippen molar-refractivity contribution in [1.82, 2.24) is 4.31 Å². The summed E-state index contributed by atoms with van der Waals surface area (Å²) in [7, 11) is -3.72. The first-order chi connectivity index (χ1) is 14.3. The highest BCUT2D eigenvalue weighted by molar-refractivity contribution is 8.01. The molecule has 0 bridgehead atoms. The summed E-state index contributed by atoms with van der Waals surface area (Å²) in [6, 6.07) is 9.47. The largest absolute Gasteiger partial charge is 0.324 e. The van der Waals surface area contributed by atoms with Crippen LogP contribution in [-0.2, 0) is 14.8 Å². The van der Waals surface area contributed by atoms with E-state index in [1.54, 1.807) is 24.3 Å². The molecule has 1 atom stereocenters. The Balaban J connectivity index is 1.57. The van der Waals surface area contributed by atoms with Crippen LogP contribution in [0.2, 0.25) is 5.02 Å². The second-order valence-corrected chi connectivity index (χ2v) is 10.9. The first-order valence-corrected chi connectivity index (χ1v) is 12.2. The summed E-state index contributed by atoms with van der Waals surface area (Å²) in [6.45, 7) is 2.75. The molecule has 1 saturated heterocycles. The van der Waals surface area contributed by atoms with Crippen molar-refractivity contribution in [3.63, 3.8) is 0 Å². The summed E-state index contributed by atoms with van der Waals surface area (Å²) in [4.78, 5) is 25.5. The van der Waals surface area contributed by atoms with E-state index in [9.17, 15) is 18.0 Å². The van der Waals surface area contributed by atoms with Gasteiger partial charge in [0.05, 0.1) is 16.0 Å². The lowest BCUT2D eigenvalue weighted by Crippen LogP contribution is -2.28. The molecule has 2 heterocycles. The van der Waals surface area contributed by atoms with E-state index in [0.29, 0.717) is 30.0 Å². The number of hydrogen-bond acceptors (Lipinski definition) is 5. The molecule has 0 aliphatic carbocycles. The monoisotopic (exact) mass is 465 g/mol. The van der Waals surface area contributed by atoms with Crippen LogP contribution in [-0.4, -0.2) is 42.9 Å². The van der Waals surface area contributed by atoms with E-state index in [1.165, 1.54) is 28.2 Å². The van der Waals surface area contributed by atoms with E-state index in [4.69, 9.17) is 11.6 Å². The number of hydrogen-bond donors (Lipinski definition) is 2. The quantitative estimate of drug-likeness (QED) is 0.715. The lowest BCUT2D eigenvalue weighted by Gasteiger charge is -2.21. The summed E-state index contributed by atoms with van der Waals surface area (Å²) < 4.78 is 27.1. The van der Waals surface area contributed by atoms with Gasteiger partial charge in [-0.2, -0.15) is 4.31 Å². The Kier molecular flexibility index (Phi) is 5.80. The Morgan fingerprint density at radius 1 is 1.20 bits per heavy atom. The average Bonchev–Trinajstić information content (AvgIpc) is 3.25. The van der Waals surface area contributed by atoms with Gasteiger partial charge < -0.3 is 10.6 Å². The highest BCUT2D eigenvalue weighted by Crippen LogP contribution is 2.36. The zero-order valence-corrected chi connectivity index (χ0v) is 18.5. The van der Waals surface area contributed by atoms with Crippen LogP contribution in [0.1, 0.15) is 30.1 Å². The predicted molar refractivity (Wildman–Crippen MR) is 118 cm³/mol. The number of anilines is 2. The maximum Gasteiger partial charge on any atom is 0.255 e. The van der Waals surface area contributed by atoms with Crippen molar-refractivity contribution in [1.29, 1.82) is 0 Å². The number of fused-ring (bicyclic) bond motifs is 1. The van der Waals surface area contributed by atoms with E-state index in [-0.39, 0.29) is 21.1 Å². The molecule has 158 valence electrons. The molecule has 1 fully saturated rings. The van der Waals surface area contributed by atoms with Crippen LogP contribution in [0.5, 0.6) is 0 Å². The summed E-state index contributed by atoms with van der Waals surface area (Å²) in [6.07, 6.45) is 1.64. The minimum absolute atomic E-state index is 0.0213. The molecule has 2 N–H and O–H groups in total. The first kappa shape index (κ1) is 21.2. The van der Waals surface area contributed by atoms with E-state index >= 15 is 0 Å². The van der Waals surface area contributed by atoms with Crippen LogP contribution in [0.3, 0.4) is 0 Å². The predicted octanol–water partition coefficient (Wildman–Crippen LogP) is 3.81. The number of sulfonamides is 1. The zero-order chi connectivity index (χ0) is 21.5. The van der Waals surface area contributed by atoms with Gasteiger partial charge in [0.1, 0.15) is 4.90 Å². The van der Waals surface area contributed by atoms with Gasteiger partial charge in [0.2, 0.25) is 15.9 Å². The standard InChI is InChI=1S/C20H20ClN3O4S2/c1-12-19(25)23-16-10-13(4-7-17(16)29-12)20(26)22-14-5-6-15(21)18(11-14)30(27,28)24-8-2-3-9-24/h4-7,10-12H,2-3,8-9H2,1H3,(H,22,26)(H,23,25). The molecule has 1 unspecified atom stereocenters. The second kappa shape index (κ2) is 8.22. The Bertz CT molecular complexity index is 1130. The molecule has 30 heavy (non-hydrogen) atoms. The minimum Gasteiger partial charge on any atom is -0.324 e. The van der Waals surface area contributed by atoms with Crippen LogP contribution in [0, 0.1) is 0 Å². The van der Waals surface area contributed by atoms with Crippen LogP contribution in [0.4, 0.5) is 11.4 Å². The topological polar surface area (TPSA) is 95.6 Å². The van der Waals surface area contributed by atoms with Gasteiger partial charge in [0.25, 0.3) is 5.91 Å². The van der Waals surface area contributed by atoms with Crippen molar-refractivity contribution in [2.45, 2.75) is 34.8 Å². The molecular weight excluding hydrogens is 446 g/mol. The van der Waals surface area contributed by atoms with Crippen molar-refractivity contribution in [2.75, 3.05) is 23.7 Å². The van der Waals surface area contributed by atoms with Gasteiger partial charge in [-0.25, -0.2) is 8.42 Å². The van der Waals surface area contributed by atoms with Crippen molar-refractivity contribution >= 4 is 56.6 Å². The maximum absolute atomic E-state index is 12.9. The number of thioether (sulfide) groups is 1. The fourth-order valence-electron chi connectivity index (χ4n) is 3.40. The molecule has 0 aromatic heterocycles. The third-order valence-corrected chi connectivity index (χ3v) is 8.60. The molecule has 0 spiro atoms. The van der Waals surface area contributed by atoms with Gasteiger partial charge in [0.15, 0.2) is 0 Å². The van der Waals surface area contributed by atoms with Crippen molar-refractivity contribution in [3.05, 3.63) is 47.0 Å². The molecule has 4 rings (SSSR count). The molecule has 10 heteroatoms. The SMILES string of the molecule is CC1Sc2ccc(C(=O)Nc3ccc(Cl)c(S(=O)(=O)N4CCCC4)c3)cc2NC1=O. The smallest absolute Gasteiger partial charge is 0.255 e. The molecular formula is C20H20ClN3O4S2. The maximum atomic E-state index is 12.9. The Labute approximate surface area is 184 Å². The fourth-order valence-corrected chi connectivity index (χ4v) is 6.35. The molecule has 2 aliphatic heterocycles. The van der Waals surface area contributed by atoms with E-state index in [0.717, 1.165) is 17.7 Å². The second-order valence-electron chi connectivity index (χ2n) is 7.17. The third-order valence-electron chi connectivity index (χ3n) is 5.04. The van der Waals surface area contributed by atoms with Gasteiger partial charge >= 0.3 is 0 Å². The molecule has 2 aromatic carbocycles. The Hall–Kier alpha value is -2.07. The van der Waals surface area contributed by atoms with Gasteiger partial charge in [-0.05, 0) is 56.2 Å². The number of carbonyl (C=O) groups excluding carboxylic acids is 2. The van der Waals surface area contributed by atoms with Gasteiger partial charge in [-0.1, -0.05) is 11.6 Å². The fraction of sp³-hybridized carbons (Fsp3) is 0.300. The molecule has 0 saturated carbocycles. The Morgan fingerprint density at radius 3 is 2.67 bits per heavy atom. The normalized spacial score (nSPS) is 19.3. The minimum atomic E-state index is -3.72. The molecule has 0 radical (unpaired) electrons. The van der Waals surface area contributed by atoms with Gasteiger partial charge in [-0.15, -0.1) is 11.8 Å². The van der Waals surface area contributed by atoms with Crippen molar-refractivity contribution in [2.24, 2.45) is 0 Å². The number of nitrogens with one attached hydrogen (secondary N) is 2. The summed E-state index contributed by atoms with van der Waals surface area (Å²) in [5.74, 6) is -0.526. The van der Waals surface area contributed by atoms with Gasteiger partial charge in [-0.3, -0.25) is 9.59 Å². The highest BCUT2D eigenvalue weighted by Gasteiger charge is 2.29. The average molecular weight is 466 g/mol. The number of amides is 2. The Morgan fingerprint density at radius 2 is 1.93 bits per heavy atom. The number of rotatable bonds is 4. The number of halogens is 1. The lowest BCUT2D eigenvalue weighted by atomic mass is 10.1. The molecule has 2 amide bonds. The first-order valence-electron chi connectivity index (χ1n) is 9.48.